The van der Waals surface area contributed by atoms with Gasteiger partial charge in [0.05, 0.1) is 29.2 Å². The van der Waals surface area contributed by atoms with Crippen LogP contribution >= 0.6 is 0 Å². The maximum atomic E-state index is 12.0. The lowest BCUT2D eigenvalue weighted by atomic mass is 9.92. The standard InChI is InChI=1S/C15H16N8O2S/c1-3-26(24,25)22-8-15(9-22,7-16-2)23-6-11(4-20-23)13-12-5-19-21-14(12)18-10-17-13/h4-6,10H,3,7-9H2,1H3,(H,17,18,19,21). The van der Waals surface area contributed by atoms with Gasteiger partial charge in [-0.3, -0.25) is 9.78 Å². The van der Waals surface area contributed by atoms with E-state index in [9.17, 15) is 8.42 Å². The van der Waals surface area contributed by atoms with Crippen LogP contribution in [0.15, 0.2) is 24.9 Å². The van der Waals surface area contributed by atoms with E-state index < -0.39 is 15.6 Å². The molecule has 1 fully saturated rings. The van der Waals surface area contributed by atoms with E-state index in [4.69, 9.17) is 6.57 Å². The van der Waals surface area contributed by atoms with Crippen molar-refractivity contribution in [1.29, 1.82) is 0 Å². The molecule has 0 unspecified atom stereocenters. The number of nitrogens with zero attached hydrogens (tertiary/aromatic N) is 7. The highest BCUT2D eigenvalue weighted by Crippen LogP contribution is 2.33. The van der Waals surface area contributed by atoms with Gasteiger partial charge in [-0.1, -0.05) is 0 Å². The van der Waals surface area contributed by atoms with E-state index in [1.54, 1.807) is 30.2 Å². The third-order valence-electron chi connectivity index (χ3n) is 4.66. The van der Waals surface area contributed by atoms with Crippen LogP contribution in [0.2, 0.25) is 0 Å². The minimum Gasteiger partial charge on any atom is -0.314 e. The van der Waals surface area contributed by atoms with Gasteiger partial charge in [-0.2, -0.15) is 14.5 Å². The molecule has 0 radical (unpaired) electrons. The Morgan fingerprint density at radius 3 is 2.88 bits per heavy atom. The molecule has 0 atom stereocenters. The second-order valence-electron chi connectivity index (χ2n) is 6.24. The number of fused-ring (bicyclic) bond motifs is 1. The van der Waals surface area contributed by atoms with Crippen molar-refractivity contribution < 1.29 is 8.42 Å². The third-order valence-corrected chi connectivity index (χ3v) is 6.44. The van der Waals surface area contributed by atoms with Gasteiger partial charge in [-0.05, 0) is 6.92 Å². The van der Waals surface area contributed by atoms with Gasteiger partial charge in [-0.15, -0.1) is 0 Å². The molecule has 134 valence electrons. The lowest BCUT2D eigenvalue weighted by molar-refractivity contribution is 0.0834. The predicted octanol–water partition coefficient (Wildman–Crippen LogP) is 0.496. The average molecular weight is 372 g/mol. The lowest BCUT2D eigenvalue weighted by Crippen LogP contribution is -2.65. The molecule has 1 aliphatic rings. The Morgan fingerprint density at radius 2 is 2.15 bits per heavy atom. The monoisotopic (exact) mass is 372 g/mol. The summed E-state index contributed by atoms with van der Waals surface area (Å²) in [6.45, 7) is 9.52. The molecule has 10 nitrogen and oxygen atoms in total. The van der Waals surface area contributed by atoms with Gasteiger partial charge in [0.25, 0.3) is 0 Å². The number of hydrogen-bond donors (Lipinski definition) is 1. The van der Waals surface area contributed by atoms with Gasteiger partial charge in [-0.25, -0.2) is 25.0 Å². The Hall–Kier alpha value is -2.84. The van der Waals surface area contributed by atoms with Gasteiger partial charge in [0.15, 0.2) is 11.2 Å². The van der Waals surface area contributed by atoms with Crippen LogP contribution in [0.25, 0.3) is 27.1 Å². The topological polar surface area (TPSA) is 114 Å². The highest BCUT2D eigenvalue weighted by atomic mass is 32.2. The van der Waals surface area contributed by atoms with Crippen LogP contribution in [0.4, 0.5) is 0 Å². The van der Waals surface area contributed by atoms with E-state index in [1.165, 1.54) is 10.6 Å². The Morgan fingerprint density at radius 1 is 1.35 bits per heavy atom. The summed E-state index contributed by atoms with van der Waals surface area (Å²) in [6.07, 6.45) is 6.56. The second-order valence-corrected chi connectivity index (χ2v) is 8.49. The van der Waals surface area contributed by atoms with Crippen molar-refractivity contribution in [2.75, 3.05) is 25.4 Å². The SMILES string of the molecule is [C-]#[N+]CC1(n2cc(-c3ncnc4[nH]ncc34)cn2)CN(S(=O)(=O)CC)C1. The maximum Gasteiger partial charge on any atom is 0.242 e. The quantitative estimate of drug-likeness (QED) is 0.652. The molecule has 1 N–H and O–H groups in total. The van der Waals surface area contributed by atoms with Gasteiger partial charge < -0.3 is 4.85 Å². The molecular formula is C15H16N8O2S. The van der Waals surface area contributed by atoms with E-state index in [0.717, 1.165) is 10.9 Å². The molecule has 0 aromatic carbocycles. The molecule has 3 aromatic heterocycles. The lowest BCUT2D eigenvalue weighted by Gasteiger charge is -2.45. The fourth-order valence-corrected chi connectivity index (χ4v) is 4.39. The zero-order chi connectivity index (χ0) is 18.4. The van der Waals surface area contributed by atoms with Crippen molar-refractivity contribution in [1.82, 2.24) is 34.3 Å². The van der Waals surface area contributed by atoms with E-state index >= 15 is 0 Å². The number of nitrogens with one attached hydrogen (secondary N) is 1. The van der Waals surface area contributed by atoms with Crippen molar-refractivity contribution in [2.45, 2.75) is 12.5 Å². The fourth-order valence-electron chi connectivity index (χ4n) is 3.15. The normalized spacial score (nSPS) is 17.1. The second kappa shape index (κ2) is 5.86. The van der Waals surface area contributed by atoms with E-state index in [1.807, 2.05) is 0 Å². The van der Waals surface area contributed by atoms with Crippen LogP contribution in [0, 0.1) is 6.57 Å². The molecular weight excluding hydrogens is 356 g/mol. The molecule has 1 aliphatic heterocycles. The van der Waals surface area contributed by atoms with Crippen molar-refractivity contribution in [3.05, 3.63) is 36.3 Å². The van der Waals surface area contributed by atoms with Crippen LogP contribution in [-0.4, -0.2) is 68.1 Å². The first-order valence-corrected chi connectivity index (χ1v) is 9.61. The van der Waals surface area contributed by atoms with E-state index in [2.05, 4.69) is 30.1 Å². The van der Waals surface area contributed by atoms with Crippen molar-refractivity contribution in [3.63, 3.8) is 0 Å². The highest BCUT2D eigenvalue weighted by Gasteiger charge is 2.52. The first-order chi connectivity index (χ1) is 12.5. The largest absolute Gasteiger partial charge is 0.314 e. The summed E-state index contributed by atoms with van der Waals surface area (Å²) >= 11 is 0. The van der Waals surface area contributed by atoms with Crippen LogP contribution in [0.1, 0.15) is 6.92 Å². The summed E-state index contributed by atoms with van der Waals surface area (Å²) in [5, 5.41) is 11.9. The molecule has 1 saturated heterocycles. The summed E-state index contributed by atoms with van der Waals surface area (Å²) in [4.78, 5) is 11.9. The first kappa shape index (κ1) is 16.6. The zero-order valence-electron chi connectivity index (χ0n) is 14.0. The van der Waals surface area contributed by atoms with Crippen molar-refractivity contribution in [3.8, 4) is 11.3 Å². The number of sulfonamides is 1. The van der Waals surface area contributed by atoms with Crippen LogP contribution in [0.5, 0.6) is 0 Å². The first-order valence-electron chi connectivity index (χ1n) is 8.00. The van der Waals surface area contributed by atoms with Crippen LogP contribution in [-0.2, 0) is 15.6 Å². The molecule has 4 heterocycles. The number of aromatic nitrogens is 6. The Balaban J connectivity index is 1.69. The fraction of sp³-hybridized carbons (Fsp3) is 0.400. The van der Waals surface area contributed by atoms with E-state index in [-0.39, 0.29) is 25.4 Å². The summed E-state index contributed by atoms with van der Waals surface area (Å²) in [5.41, 5.74) is 1.43. The molecule has 0 aliphatic carbocycles. The summed E-state index contributed by atoms with van der Waals surface area (Å²) in [7, 11) is -3.27. The highest BCUT2D eigenvalue weighted by molar-refractivity contribution is 7.89. The molecule has 0 amide bonds. The van der Waals surface area contributed by atoms with Crippen LogP contribution < -0.4 is 0 Å². The Kier molecular flexibility index (Phi) is 3.74. The Bertz CT molecular complexity index is 1100. The summed E-state index contributed by atoms with van der Waals surface area (Å²) in [5.74, 6) is 0.0465. The maximum absolute atomic E-state index is 12.0. The molecule has 26 heavy (non-hydrogen) atoms. The smallest absolute Gasteiger partial charge is 0.242 e. The summed E-state index contributed by atoms with van der Waals surface area (Å²) in [6, 6.07) is 0. The number of rotatable bonds is 5. The Labute approximate surface area is 149 Å². The van der Waals surface area contributed by atoms with Gasteiger partial charge in [0, 0.05) is 24.8 Å². The molecule has 3 aromatic rings. The molecule has 0 spiro atoms. The average Bonchev–Trinajstić information content (AvgIpc) is 3.26. The summed E-state index contributed by atoms with van der Waals surface area (Å²) < 4.78 is 27.2. The number of hydrogen-bond acceptors (Lipinski definition) is 6. The van der Waals surface area contributed by atoms with Crippen LogP contribution in [0.3, 0.4) is 0 Å². The van der Waals surface area contributed by atoms with Gasteiger partial charge in [0.2, 0.25) is 16.6 Å². The molecule has 11 heteroatoms. The minimum absolute atomic E-state index is 0.0465. The zero-order valence-corrected chi connectivity index (χ0v) is 14.8. The van der Waals surface area contributed by atoms with Crippen molar-refractivity contribution >= 4 is 21.1 Å². The molecule has 0 saturated carbocycles. The molecule has 0 bridgehead atoms. The predicted molar refractivity (Wildman–Crippen MR) is 93.4 cm³/mol. The minimum atomic E-state index is -3.27. The van der Waals surface area contributed by atoms with E-state index in [0.29, 0.717) is 11.3 Å². The van der Waals surface area contributed by atoms with Crippen molar-refractivity contribution in [2.24, 2.45) is 0 Å². The van der Waals surface area contributed by atoms with Gasteiger partial charge in [0.1, 0.15) is 6.33 Å². The number of aromatic amines is 1. The third kappa shape index (κ3) is 2.46. The number of H-pyrrole nitrogens is 1. The molecule has 4 rings (SSSR count). The van der Waals surface area contributed by atoms with Gasteiger partial charge >= 0.3 is 0 Å².